The molecule has 0 aromatic heterocycles. The Balaban J connectivity index is 0. The van der Waals surface area contributed by atoms with E-state index in [0.717, 1.165) is 0 Å². The summed E-state index contributed by atoms with van der Waals surface area (Å²) in [5, 5.41) is 0. The molecule has 0 aliphatic carbocycles. The normalized spacial score (nSPS) is 0. The Labute approximate surface area is 77.0 Å². The van der Waals surface area contributed by atoms with Gasteiger partial charge in [0.05, 0.1) is 0 Å². The molecule has 0 saturated carbocycles. The Morgan fingerprint density at radius 1 is 1.00 bits per heavy atom. The first-order chi connectivity index (χ1) is 0. The van der Waals surface area contributed by atoms with Gasteiger partial charge < -0.3 is 0 Å². The summed E-state index contributed by atoms with van der Waals surface area (Å²) >= 11 is 0. The van der Waals surface area contributed by atoms with Gasteiger partial charge in [0.1, 0.15) is 0 Å². The Kier molecular flexibility index (Phi) is 141. The molecule has 0 saturated heterocycles. The molecule has 0 aromatic carbocycles. The first kappa shape index (κ1) is 31.5. The van der Waals surface area contributed by atoms with Crippen LogP contribution >= 0.6 is 0 Å². The van der Waals surface area contributed by atoms with Gasteiger partial charge in [0.15, 0.2) is 0 Å². The van der Waals surface area contributed by atoms with Crippen LogP contribution in [0.2, 0.25) is 0 Å². The van der Waals surface area contributed by atoms with Crippen LogP contribution in [-0.4, -0.2) is 0 Å². The fraction of sp³-hybridized carbons (Fsp3) is 0. The average Bonchev–Trinajstić information content (AvgIpc) is 0. The van der Waals surface area contributed by atoms with Crippen molar-refractivity contribution in [1.82, 2.24) is 0 Å². The van der Waals surface area contributed by atoms with Crippen LogP contribution in [0.5, 0.6) is 0 Å². The Morgan fingerprint density at radius 3 is 1.00 bits per heavy atom. The van der Waals surface area contributed by atoms with E-state index in [0.29, 0.717) is 0 Å². The first-order valence-corrected chi connectivity index (χ1v) is 0. The maximum atomic E-state index is 0. The zero-order chi connectivity index (χ0) is 0. The van der Waals surface area contributed by atoms with Gasteiger partial charge in [-0.1, -0.05) is 0 Å². The second-order valence-corrected chi connectivity index (χ2v) is 0. The van der Waals surface area contributed by atoms with Gasteiger partial charge in [0.2, 0.25) is 0 Å². The molecule has 0 spiro atoms. The summed E-state index contributed by atoms with van der Waals surface area (Å²) < 4.78 is 0. The predicted molar refractivity (Wildman–Crippen MR) is 0 cm³/mol. The van der Waals surface area contributed by atoms with E-state index in [9.17, 15) is 0 Å². The Bertz CT molecular complexity index is 8.00. The minimum absolute atomic E-state index is 0. The number of hydrogen-bond acceptors (Lipinski definition) is 0. The second-order valence-electron chi connectivity index (χ2n) is 0. The van der Waals surface area contributed by atoms with Crippen molar-refractivity contribution < 1.29 is 78.0 Å². The van der Waals surface area contributed by atoms with E-state index in [2.05, 4.69) is 0 Å². The molecule has 4 heteroatoms. The van der Waals surface area contributed by atoms with Crippen LogP contribution in [0.25, 0.3) is 0 Å². The van der Waals surface area contributed by atoms with Crippen molar-refractivity contribution in [2.24, 2.45) is 0 Å². The quantitative estimate of drug-likeness (QED) is 0.447. The molecule has 0 aromatic rings. The molecule has 0 N–H and O–H groups in total. The van der Waals surface area contributed by atoms with Crippen molar-refractivity contribution in [2.45, 2.75) is 0 Å². The minimum Gasteiger partial charge on any atom is 0 e. The van der Waals surface area contributed by atoms with Gasteiger partial charge in [-0.05, 0) is 0 Å². The van der Waals surface area contributed by atoms with Crippen LogP contribution in [0.15, 0.2) is 0 Å². The van der Waals surface area contributed by atoms with Crippen molar-refractivity contribution in [3.63, 3.8) is 0 Å². The summed E-state index contributed by atoms with van der Waals surface area (Å²) in [6, 6.07) is 0. The van der Waals surface area contributed by atoms with Crippen molar-refractivity contribution in [3.05, 3.63) is 0 Å². The molecule has 0 aliphatic rings. The van der Waals surface area contributed by atoms with Crippen LogP contribution in [-0.2, 0) is 78.0 Å². The van der Waals surface area contributed by atoms with E-state index >= 15 is 0 Å². The molecule has 0 fully saturated rings. The van der Waals surface area contributed by atoms with Gasteiger partial charge in [0, 0.05) is 78.0 Å². The largest absolute Gasteiger partial charge is 0 e. The van der Waals surface area contributed by atoms with Crippen molar-refractivity contribution in [3.8, 4) is 0 Å². The van der Waals surface area contributed by atoms with Gasteiger partial charge >= 0.3 is 0 Å². The molecule has 4 heavy (non-hydrogen) atoms. The first-order valence-electron chi connectivity index (χ1n) is 0. The summed E-state index contributed by atoms with van der Waals surface area (Å²) in [6.45, 7) is 0. The van der Waals surface area contributed by atoms with Gasteiger partial charge in [-0.25, -0.2) is 0 Å². The van der Waals surface area contributed by atoms with Crippen LogP contribution in [0.4, 0.5) is 0 Å². The topological polar surface area (TPSA) is 0 Å². The molecule has 0 amide bonds. The fourth-order valence-electron chi connectivity index (χ4n) is 0. The zero-order valence-corrected chi connectivity index (χ0v) is 7.89. The molecule has 1 radical (unpaired) electrons. The maximum Gasteiger partial charge on any atom is 0 e. The Hall–Kier alpha value is 2.49. The maximum absolute atomic E-state index is 0. The minimum atomic E-state index is 0. The van der Waals surface area contributed by atoms with Gasteiger partial charge in [-0.2, -0.15) is 0 Å². The SMILES string of the molecule is [Fe].[Pd].[Pt].[Rh]. The summed E-state index contributed by atoms with van der Waals surface area (Å²) in [4.78, 5) is 0. The monoisotopic (exact) mass is 460 g/mol. The van der Waals surface area contributed by atoms with E-state index in [1.807, 2.05) is 0 Å². The molecule has 37 valence electrons. The second kappa shape index (κ2) is 17.8. The van der Waals surface area contributed by atoms with E-state index in [-0.39, 0.29) is 78.0 Å². The van der Waals surface area contributed by atoms with Crippen LogP contribution < -0.4 is 0 Å². The summed E-state index contributed by atoms with van der Waals surface area (Å²) in [6.07, 6.45) is 0. The van der Waals surface area contributed by atoms with E-state index in [4.69, 9.17) is 0 Å². The molecular formula is FePdPtRh. The van der Waals surface area contributed by atoms with Crippen molar-refractivity contribution in [2.75, 3.05) is 0 Å². The number of hydrogen-bond donors (Lipinski definition) is 0. The zero-order valence-electron chi connectivity index (χ0n) is 1.32. The third-order valence-corrected chi connectivity index (χ3v) is 0. The van der Waals surface area contributed by atoms with Crippen LogP contribution in [0, 0.1) is 0 Å². The summed E-state index contributed by atoms with van der Waals surface area (Å²) in [5.41, 5.74) is 0. The fourth-order valence-corrected chi connectivity index (χ4v) is 0. The third-order valence-electron chi connectivity index (χ3n) is 0. The van der Waals surface area contributed by atoms with Gasteiger partial charge in [0.25, 0.3) is 0 Å². The van der Waals surface area contributed by atoms with Crippen LogP contribution in [0.3, 0.4) is 0 Å². The molecular weight excluding hydrogens is 460 g/mol. The standard InChI is InChI=1S/Fe.Pd.Pt.Rh. The molecule has 0 unspecified atom stereocenters. The van der Waals surface area contributed by atoms with E-state index in [1.165, 1.54) is 0 Å². The third kappa shape index (κ3) is 8.82. The molecule has 0 nitrogen and oxygen atoms in total. The molecule has 0 heterocycles. The number of rotatable bonds is 0. The summed E-state index contributed by atoms with van der Waals surface area (Å²) in [5.74, 6) is 0. The van der Waals surface area contributed by atoms with Crippen LogP contribution in [0.1, 0.15) is 0 Å². The molecule has 0 rings (SSSR count). The van der Waals surface area contributed by atoms with Crippen molar-refractivity contribution >= 4 is 0 Å². The summed E-state index contributed by atoms with van der Waals surface area (Å²) in [7, 11) is 0. The average molecular weight is 460 g/mol. The van der Waals surface area contributed by atoms with Gasteiger partial charge in [-0.3, -0.25) is 0 Å². The molecule has 0 aliphatic heterocycles. The van der Waals surface area contributed by atoms with Gasteiger partial charge in [-0.15, -0.1) is 0 Å². The molecule has 0 atom stereocenters. The smallest absolute Gasteiger partial charge is 0 e. The predicted octanol–water partition coefficient (Wildman–Crippen LogP) is -0.0100. The Morgan fingerprint density at radius 2 is 1.00 bits per heavy atom. The molecule has 0 bridgehead atoms. The van der Waals surface area contributed by atoms with E-state index in [1.54, 1.807) is 0 Å². The van der Waals surface area contributed by atoms with E-state index < -0.39 is 0 Å². The van der Waals surface area contributed by atoms with Crippen molar-refractivity contribution in [1.29, 1.82) is 0 Å².